The van der Waals surface area contributed by atoms with Crippen LogP contribution in [0.4, 0.5) is 5.82 Å². The van der Waals surface area contributed by atoms with Crippen LogP contribution < -0.4 is 9.30 Å². The molecule has 0 amide bonds. The number of para-hydroxylation sites is 2. The molecule has 2 aromatic heterocycles. The molecule has 1 aliphatic carbocycles. The maximum atomic E-state index is 9.92. The average molecular weight is 331 g/mol. The number of hydrogen-bond acceptors (Lipinski definition) is 2. The van der Waals surface area contributed by atoms with Gasteiger partial charge in [0.15, 0.2) is 0 Å². The third-order valence-corrected chi connectivity index (χ3v) is 5.88. The van der Waals surface area contributed by atoms with Crippen molar-refractivity contribution in [1.29, 1.82) is 5.26 Å². The largest absolute Gasteiger partial charge is 0.292 e. The predicted octanol–water partition coefficient (Wildman–Crippen LogP) is 3.65. The van der Waals surface area contributed by atoms with Gasteiger partial charge in [-0.3, -0.25) is 9.88 Å². The standard InChI is InChI=1S/C21H22N4/c22-14-17-15-8-2-3-9-16(15)21(24-12-6-1-7-13-24)25-19-11-5-4-10-18(19)23-20(17)25/h4-5,10-11H,1-3,6-9,12-13H2/p+1. The van der Waals surface area contributed by atoms with Gasteiger partial charge in [0, 0.05) is 5.56 Å². The zero-order valence-electron chi connectivity index (χ0n) is 14.5. The summed E-state index contributed by atoms with van der Waals surface area (Å²) in [5, 5.41) is 9.92. The minimum absolute atomic E-state index is 0.853. The summed E-state index contributed by atoms with van der Waals surface area (Å²) in [6, 6.07) is 11.0. The number of fused-ring (bicyclic) bond motifs is 4. The fraction of sp³-hybridized carbons (Fsp3) is 0.429. The molecule has 4 heteroatoms. The van der Waals surface area contributed by atoms with Gasteiger partial charge in [-0.15, -0.1) is 0 Å². The Balaban J connectivity index is 1.93. The van der Waals surface area contributed by atoms with E-state index in [0.29, 0.717) is 0 Å². The van der Waals surface area contributed by atoms with Crippen LogP contribution in [0.3, 0.4) is 0 Å². The molecule has 0 unspecified atom stereocenters. The summed E-state index contributed by atoms with van der Waals surface area (Å²) >= 11 is 0. The van der Waals surface area contributed by atoms with Crippen molar-refractivity contribution >= 4 is 22.5 Å². The maximum Gasteiger partial charge on any atom is 0.250 e. The van der Waals surface area contributed by atoms with Crippen LogP contribution in [0.5, 0.6) is 0 Å². The molecule has 1 N–H and O–H groups in total. The van der Waals surface area contributed by atoms with Crippen LogP contribution in [-0.2, 0) is 12.8 Å². The number of imidazole rings is 1. The van der Waals surface area contributed by atoms with E-state index in [1.54, 1.807) is 0 Å². The van der Waals surface area contributed by atoms with Gasteiger partial charge in [0.1, 0.15) is 22.7 Å². The van der Waals surface area contributed by atoms with E-state index in [-0.39, 0.29) is 0 Å². The second-order valence-electron chi connectivity index (χ2n) is 7.35. The van der Waals surface area contributed by atoms with Gasteiger partial charge in [-0.25, -0.2) is 0 Å². The molecule has 3 aromatic rings. The number of H-pyrrole nitrogens is 1. The molecule has 0 radical (unpaired) electrons. The van der Waals surface area contributed by atoms with Gasteiger partial charge in [0.2, 0.25) is 11.5 Å². The van der Waals surface area contributed by atoms with Crippen molar-refractivity contribution < 1.29 is 4.40 Å². The minimum Gasteiger partial charge on any atom is -0.292 e. The van der Waals surface area contributed by atoms with E-state index in [4.69, 9.17) is 0 Å². The second kappa shape index (κ2) is 5.77. The van der Waals surface area contributed by atoms with Crippen molar-refractivity contribution in [2.75, 3.05) is 18.0 Å². The van der Waals surface area contributed by atoms with Crippen LogP contribution in [0.2, 0.25) is 0 Å². The number of pyridine rings is 1. The molecular weight excluding hydrogens is 308 g/mol. The molecule has 0 atom stereocenters. The van der Waals surface area contributed by atoms with Crippen LogP contribution >= 0.6 is 0 Å². The second-order valence-corrected chi connectivity index (χ2v) is 7.35. The number of anilines is 1. The lowest BCUT2D eigenvalue weighted by atomic mass is 9.88. The number of rotatable bonds is 1. The monoisotopic (exact) mass is 331 g/mol. The first-order chi connectivity index (χ1) is 12.4. The molecule has 0 spiro atoms. The Bertz CT molecular complexity index is 1000. The van der Waals surface area contributed by atoms with Crippen molar-refractivity contribution in [3.05, 3.63) is 41.0 Å². The number of nitrogens with one attached hydrogen (secondary N) is 1. The van der Waals surface area contributed by atoms with E-state index in [2.05, 4.69) is 44.6 Å². The zero-order valence-corrected chi connectivity index (χ0v) is 14.5. The summed E-state index contributed by atoms with van der Waals surface area (Å²) in [5.74, 6) is 1.35. The van der Waals surface area contributed by atoms with Crippen molar-refractivity contribution in [2.45, 2.75) is 44.9 Å². The average Bonchev–Trinajstić information content (AvgIpc) is 3.05. The lowest BCUT2D eigenvalue weighted by molar-refractivity contribution is -0.468. The highest BCUT2D eigenvalue weighted by Gasteiger charge is 2.32. The third-order valence-electron chi connectivity index (χ3n) is 5.88. The van der Waals surface area contributed by atoms with Gasteiger partial charge in [0.25, 0.3) is 0 Å². The molecule has 0 saturated carbocycles. The molecule has 2 aliphatic rings. The number of nitrogens with zero attached hydrogens (tertiary/aromatic N) is 3. The molecule has 25 heavy (non-hydrogen) atoms. The third kappa shape index (κ3) is 2.15. The van der Waals surface area contributed by atoms with Crippen molar-refractivity contribution in [3.8, 4) is 6.07 Å². The van der Waals surface area contributed by atoms with E-state index in [1.807, 2.05) is 0 Å². The lowest BCUT2D eigenvalue weighted by Gasteiger charge is -2.29. The van der Waals surface area contributed by atoms with Crippen LogP contribution in [-0.4, -0.2) is 18.1 Å². The highest BCUT2D eigenvalue weighted by atomic mass is 15.2. The van der Waals surface area contributed by atoms with Gasteiger partial charge in [-0.05, 0) is 62.6 Å². The molecule has 0 bridgehead atoms. The Morgan fingerprint density at radius 3 is 2.52 bits per heavy atom. The fourth-order valence-corrected chi connectivity index (χ4v) is 4.74. The quantitative estimate of drug-likeness (QED) is 0.692. The van der Waals surface area contributed by atoms with E-state index < -0.39 is 0 Å². The van der Waals surface area contributed by atoms with E-state index in [1.165, 1.54) is 54.6 Å². The number of piperidine rings is 1. The normalized spacial score (nSPS) is 17.6. The summed E-state index contributed by atoms with van der Waals surface area (Å²) in [5.41, 5.74) is 6.84. The summed E-state index contributed by atoms with van der Waals surface area (Å²) in [6.07, 6.45) is 8.41. The van der Waals surface area contributed by atoms with Crippen molar-refractivity contribution in [3.63, 3.8) is 0 Å². The predicted molar refractivity (Wildman–Crippen MR) is 98.9 cm³/mol. The first-order valence-corrected chi connectivity index (χ1v) is 9.53. The summed E-state index contributed by atoms with van der Waals surface area (Å²) in [4.78, 5) is 6.11. The first kappa shape index (κ1) is 14.8. The van der Waals surface area contributed by atoms with Crippen LogP contribution in [0, 0.1) is 11.3 Å². The maximum absolute atomic E-state index is 9.92. The van der Waals surface area contributed by atoms with Gasteiger partial charge in [-0.2, -0.15) is 9.66 Å². The van der Waals surface area contributed by atoms with Crippen LogP contribution in [0.25, 0.3) is 16.7 Å². The molecular formula is C21H23N4+. The van der Waals surface area contributed by atoms with E-state index in [9.17, 15) is 5.26 Å². The Hall–Kier alpha value is -2.54. The minimum atomic E-state index is 0.853. The topological polar surface area (TPSA) is 46.9 Å². The molecule has 3 heterocycles. The molecule has 5 rings (SSSR count). The van der Waals surface area contributed by atoms with Crippen molar-refractivity contribution in [2.24, 2.45) is 0 Å². The molecule has 1 aliphatic heterocycles. The highest BCUT2D eigenvalue weighted by molar-refractivity contribution is 5.78. The SMILES string of the molecule is N#Cc1c2c(c(N3CCCCC3)[n+]3c1[nH]c1ccccc13)CCCC2. The van der Waals surface area contributed by atoms with Crippen molar-refractivity contribution in [1.82, 2.24) is 4.98 Å². The van der Waals surface area contributed by atoms with E-state index in [0.717, 1.165) is 42.7 Å². The van der Waals surface area contributed by atoms with Gasteiger partial charge in [-0.1, -0.05) is 12.1 Å². The molecule has 1 aromatic carbocycles. The number of nitriles is 1. The number of aromatic amines is 1. The Morgan fingerprint density at radius 1 is 0.960 bits per heavy atom. The molecule has 1 fully saturated rings. The van der Waals surface area contributed by atoms with Gasteiger partial charge < -0.3 is 0 Å². The van der Waals surface area contributed by atoms with Gasteiger partial charge >= 0.3 is 0 Å². The highest BCUT2D eigenvalue weighted by Crippen LogP contribution is 2.34. The van der Waals surface area contributed by atoms with Gasteiger partial charge in [0.05, 0.1) is 13.1 Å². The summed E-state index contributed by atoms with van der Waals surface area (Å²) in [6.45, 7) is 2.25. The fourth-order valence-electron chi connectivity index (χ4n) is 4.74. The molecule has 4 nitrogen and oxygen atoms in total. The number of hydrogen-bond donors (Lipinski definition) is 1. The smallest absolute Gasteiger partial charge is 0.250 e. The first-order valence-electron chi connectivity index (χ1n) is 9.53. The zero-order chi connectivity index (χ0) is 16.8. The summed E-state index contributed by atoms with van der Waals surface area (Å²) < 4.78 is 2.34. The van der Waals surface area contributed by atoms with Crippen LogP contribution in [0.15, 0.2) is 24.3 Å². The Labute approximate surface area is 147 Å². The number of aromatic nitrogens is 2. The Morgan fingerprint density at radius 2 is 1.72 bits per heavy atom. The summed E-state index contributed by atoms with van der Waals surface area (Å²) in [7, 11) is 0. The van der Waals surface area contributed by atoms with Crippen LogP contribution in [0.1, 0.15) is 48.8 Å². The Kier molecular flexibility index (Phi) is 3.41. The lowest BCUT2D eigenvalue weighted by Crippen LogP contribution is -2.41. The molecule has 1 saturated heterocycles. The van der Waals surface area contributed by atoms with E-state index >= 15 is 0 Å². The number of benzene rings is 1. The molecule has 126 valence electrons.